The van der Waals surface area contributed by atoms with E-state index in [0.717, 1.165) is 15.4 Å². The van der Waals surface area contributed by atoms with Crippen LogP contribution in [0.15, 0.2) is 88.2 Å². The molecule has 0 aromatic heterocycles. The molecule has 0 unspecified atom stereocenters. The van der Waals surface area contributed by atoms with Gasteiger partial charge in [0.05, 0.1) is 7.11 Å². The zero-order valence-corrected chi connectivity index (χ0v) is 17.0. The van der Waals surface area contributed by atoms with Gasteiger partial charge in [0.1, 0.15) is 17.4 Å². The van der Waals surface area contributed by atoms with Crippen molar-refractivity contribution in [2.75, 3.05) is 12.4 Å². The first-order chi connectivity index (χ1) is 14.1. The number of benzene rings is 3. The van der Waals surface area contributed by atoms with Gasteiger partial charge in [-0.3, -0.25) is 4.79 Å². The third-order valence-corrected chi connectivity index (χ3v) is 5.16. The number of ether oxygens (including phenoxy) is 1. The maximum Gasteiger partial charge on any atom is 0.266 e. The maximum atomic E-state index is 12.4. The van der Waals surface area contributed by atoms with E-state index in [0.29, 0.717) is 11.4 Å². The first-order valence-corrected chi connectivity index (χ1v) is 9.81. The van der Waals surface area contributed by atoms with Crippen molar-refractivity contribution < 1.29 is 9.53 Å². The Hall–Kier alpha value is -3.49. The van der Waals surface area contributed by atoms with Crippen LogP contribution in [0.5, 0.6) is 5.75 Å². The van der Waals surface area contributed by atoms with Crippen LogP contribution in [0, 0.1) is 18.3 Å². The molecule has 0 aliphatic rings. The van der Waals surface area contributed by atoms with Crippen LogP contribution < -0.4 is 10.1 Å². The van der Waals surface area contributed by atoms with Crippen LogP contribution in [0.3, 0.4) is 0 Å². The normalized spacial score (nSPS) is 10.9. The van der Waals surface area contributed by atoms with Gasteiger partial charge < -0.3 is 10.1 Å². The van der Waals surface area contributed by atoms with Gasteiger partial charge in [-0.25, -0.2) is 0 Å². The minimum Gasteiger partial charge on any atom is -0.497 e. The maximum absolute atomic E-state index is 12.4. The van der Waals surface area contributed by atoms with Crippen LogP contribution in [0.1, 0.15) is 11.1 Å². The average Bonchev–Trinajstić information content (AvgIpc) is 2.75. The zero-order valence-electron chi connectivity index (χ0n) is 16.2. The molecule has 0 fully saturated rings. The highest BCUT2D eigenvalue weighted by atomic mass is 32.2. The Labute approximate surface area is 174 Å². The van der Waals surface area contributed by atoms with Crippen LogP contribution >= 0.6 is 11.8 Å². The lowest BCUT2D eigenvalue weighted by atomic mass is 10.1. The summed E-state index contributed by atoms with van der Waals surface area (Å²) in [5.41, 5.74) is 2.62. The fourth-order valence-electron chi connectivity index (χ4n) is 2.59. The van der Waals surface area contributed by atoms with E-state index in [2.05, 4.69) is 36.5 Å². The minimum absolute atomic E-state index is 0.0340. The summed E-state index contributed by atoms with van der Waals surface area (Å²) in [6.45, 7) is 2.06. The second kappa shape index (κ2) is 9.63. The molecule has 0 heterocycles. The molecule has 5 heteroatoms. The summed E-state index contributed by atoms with van der Waals surface area (Å²) in [7, 11) is 1.56. The van der Waals surface area contributed by atoms with Gasteiger partial charge in [-0.2, -0.15) is 5.26 Å². The lowest BCUT2D eigenvalue weighted by Gasteiger charge is -2.06. The van der Waals surface area contributed by atoms with E-state index in [-0.39, 0.29) is 5.57 Å². The van der Waals surface area contributed by atoms with E-state index in [1.807, 2.05) is 30.3 Å². The number of hydrogen-bond acceptors (Lipinski definition) is 4. The van der Waals surface area contributed by atoms with Gasteiger partial charge in [-0.15, -0.1) is 0 Å². The topological polar surface area (TPSA) is 62.1 Å². The van der Waals surface area contributed by atoms with E-state index in [1.165, 1.54) is 5.56 Å². The number of carbonyl (C=O) groups is 1. The molecule has 0 spiro atoms. The molecular weight excluding hydrogens is 380 g/mol. The van der Waals surface area contributed by atoms with Gasteiger partial charge in [0, 0.05) is 21.5 Å². The second-order valence-corrected chi connectivity index (χ2v) is 7.49. The first-order valence-electron chi connectivity index (χ1n) is 8.99. The quantitative estimate of drug-likeness (QED) is 0.426. The predicted octanol–water partition coefficient (Wildman–Crippen LogP) is 5.70. The zero-order chi connectivity index (χ0) is 20.6. The van der Waals surface area contributed by atoms with E-state index in [4.69, 9.17) is 4.74 Å². The number of nitriles is 1. The molecule has 1 amide bonds. The van der Waals surface area contributed by atoms with Crippen LogP contribution in [0.2, 0.25) is 0 Å². The molecular formula is C24H20N2O2S. The number of nitrogens with zero attached hydrogens (tertiary/aromatic N) is 1. The highest BCUT2D eigenvalue weighted by Crippen LogP contribution is 2.28. The molecule has 0 saturated carbocycles. The largest absolute Gasteiger partial charge is 0.497 e. The summed E-state index contributed by atoms with van der Waals surface area (Å²) < 4.78 is 5.15. The number of hydrogen-bond donors (Lipinski definition) is 1. The Morgan fingerprint density at radius 3 is 2.31 bits per heavy atom. The molecule has 4 nitrogen and oxygen atoms in total. The van der Waals surface area contributed by atoms with Crippen molar-refractivity contribution >= 4 is 29.4 Å². The third-order valence-electron chi connectivity index (χ3n) is 4.14. The molecule has 0 radical (unpaired) electrons. The van der Waals surface area contributed by atoms with Crippen molar-refractivity contribution in [3.63, 3.8) is 0 Å². The van der Waals surface area contributed by atoms with Crippen molar-refractivity contribution in [1.29, 1.82) is 5.26 Å². The monoisotopic (exact) mass is 400 g/mol. The Bertz CT molecular complexity index is 1070. The Morgan fingerprint density at radius 1 is 1.03 bits per heavy atom. The van der Waals surface area contributed by atoms with Crippen LogP contribution in [-0.2, 0) is 4.79 Å². The standard InChI is InChI=1S/C24H20N2O2S/c1-17-6-10-22(11-7-17)29-23-12-8-18(9-13-23)14-19(16-25)24(27)26-20-4-3-5-21(15-20)28-2/h3-15H,1-2H3,(H,26,27)/b19-14-. The first kappa shape index (κ1) is 20.2. The number of aryl methyl sites for hydroxylation is 1. The minimum atomic E-state index is -0.459. The van der Waals surface area contributed by atoms with E-state index >= 15 is 0 Å². The van der Waals surface area contributed by atoms with Crippen LogP contribution in [0.4, 0.5) is 5.69 Å². The number of rotatable bonds is 6. The fraction of sp³-hybridized carbons (Fsp3) is 0.0833. The number of carbonyl (C=O) groups excluding carboxylic acids is 1. The van der Waals surface area contributed by atoms with Gasteiger partial charge in [0.15, 0.2) is 0 Å². The van der Waals surface area contributed by atoms with Gasteiger partial charge in [-0.1, -0.05) is 47.7 Å². The summed E-state index contributed by atoms with van der Waals surface area (Å²) in [6, 6.07) is 25.1. The Kier molecular flexibility index (Phi) is 6.72. The fourth-order valence-corrected chi connectivity index (χ4v) is 3.41. The van der Waals surface area contributed by atoms with Crippen molar-refractivity contribution in [1.82, 2.24) is 0 Å². The number of nitrogens with one attached hydrogen (secondary N) is 1. The van der Waals surface area contributed by atoms with Gasteiger partial charge in [0.25, 0.3) is 5.91 Å². The van der Waals surface area contributed by atoms with Crippen molar-refractivity contribution in [3.05, 3.63) is 89.5 Å². The highest BCUT2D eigenvalue weighted by Gasteiger charge is 2.10. The predicted molar refractivity (Wildman–Crippen MR) is 117 cm³/mol. The lowest BCUT2D eigenvalue weighted by Crippen LogP contribution is -2.13. The van der Waals surface area contributed by atoms with E-state index in [9.17, 15) is 10.1 Å². The highest BCUT2D eigenvalue weighted by molar-refractivity contribution is 7.99. The molecule has 144 valence electrons. The van der Waals surface area contributed by atoms with Crippen LogP contribution in [0.25, 0.3) is 6.08 Å². The van der Waals surface area contributed by atoms with Crippen LogP contribution in [-0.4, -0.2) is 13.0 Å². The molecule has 0 saturated heterocycles. The van der Waals surface area contributed by atoms with E-state index in [1.54, 1.807) is 49.2 Å². The van der Waals surface area contributed by atoms with Gasteiger partial charge in [0.2, 0.25) is 0 Å². The number of methoxy groups -OCH3 is 1. The summed E-state index contributed by atoms with van der Waals surface area (Å²) >= 11 is 1.66. The van der Waals surface area contributed by atoms with Crippen molar-refractivity contribution in [2.45, 2.75) is 16.7 Å². The summed E-state index contributed by atoms with van der Waals surface area (Å²) in [6.07, 6.45) is 1.58. The average molecular weight is 401 g/mol. The molecule has 3 aromatic carbocycles. The summed E-state index contributed by atoms with van der Waals surface area (Å²) in [5, 5.41) is 12.1. The third kappa shape index (κ3) is 5.74. The number of anilines is 1. The van der Waals surface area contributed by atoms with E-state index < -0.39 is 5.91 Å². The lowest BCUT2D eigenvalue weighted by molar-refractivity contribution is -0.112. The Balaban J connectivity index is 1.70. The molecule has 3 aromatic rings. The molecule has 0 aliphatic carbocycles. The molecule has 0 aliphatic heterocycles. The summed E-state index contributed by atoms with van der Waals surface area (Å²) in [4.78, 5) is 14.7. The molecule has 0 atom stereocenters. The molecule has 3 rings (SSSR count). The van der Waals surface area contributed by atoms with Gasteiger partial charge in [-0.05, 0) is 55.0 Å². The van der Waals surface area contributed by atoms with Crippen molar-refractivity contribution in [3.8, 4) is 11.8 Å². The SMILES string of the molecule is COc1cccc(NC(=O)/C(C#N)=C\c2ccc(Sc3ccc(C)cc3)cc2)c1. The second-order valence-electron chi connectivity index (χ2n) is 6.34. The number of amides is 1. The smallest absolute Gasteiger partial charge is 0.266 e. The Morgan fingerprint density at radius 2 is 1.69 bits per heavy atom. The van der Waals surface area contributed by atoms with Crippen molar-refractivity contribution in [2.24, 2.45) is 0 Å². The molecule has 29 heavy (non-hydrogen) atoms. The molecule has 1 N–H and O–H groups in total. The van der Waals surface area contributed by atoms with Gasteiger partial charge >= 0.3 is 0 Å². The molecule has 0 bridgehead atoms. The summed E-state index contributed by atoms with van der Waals surface area (Å²) in [5.74, 6) is 0.172.